The summed E-state index contributed by atoms with van der Waals surface area (Å²) in [5, 5.41) is 6.06. The van der Waals surface area contributed by atoms with Gasteiger partial charge < -0.3 is 10.1 Å². The molecule has 1 atom stereocenters. The number of ether oxygens (including phenoxy) is 1. The van der Waals surface area contributed by atoms with Crippen LogP contribution in [0.1, 0.15) is 40.7 Å². The van der Waals surface area contributed by atoms with E-state index in [-0.39, 0.29) is 17.8 Å². The van der Waals surface area contributed by atoms with Crippen molar-refractivity contribution in [2.24, 2.45) is 5.92 Å². The molecule has 154 valence electrons. The maximum absolute atomic E-state index is 13.2. The van der Waals surface area contributed by atoms with E-state index in [1.165, 1.54) is 18.2 Å². The Kier molecular flexibility index (Phi) is 6.23. The highest BCUT2D eigenvalue weighted by Gasteiger charge is 2.33. The Hall–Kier alpha value is -2.99. The quantitative estimate of drug-likeness (QED) is 0.491. The number of nitrogens with zero attached hydrogens (tertiary/aromatic N) is 1. The van der Waals surface area contributed by atoms with E-state index >= 15 is 0 Å². The van der Waals surface area contributed by atoms with Gasteiger partial charge >= 0.3 is 0 Å². The molecular formula is C24H23FN2O2S. The van der Waals surface area contributed by atoms with Gasteiger partial charge in [0.2, 0.25) is 5.91 Å². The van der Waals surface area contributed by atoms with Crippen molar-refractivity contribution < 1.29 is 13.9 Å². The van der Waals surface area contributed by atoms with Gasteiger partial charge in [-0.1, -0.05) is 24.3 Å². The van der Waals surface area contributed by atoms with Crippen molar-refractivity contribution in [1.82, 2.24) is 10.3 Å². The summed E-state index contributed by atoms with van der Waals surface area (Å²) in [6.45, 7) is 2.38. The number of rotatable bonds is 8. The Labute approximate surface area is 179 Å². The largest absolute Gasteiger partial charge is 0.487 e. The minimum absolute atomic E-state index is 0.0843. The first-order chi connectivity index (χ1) is 14.6. The number of amides is 1. The predicted molar refractivity (Wildman–Crippen MR) is 117 cm³/mol. The lowest BCUT2D eigenvalue weighted by Crippen LogP contribution is -2.28. The van der Waals surface area contributed by atoms with Crippen LogP contribution in [0.4, 0.5) is 4.39 Å². The molecule has 0 bridgehead atoms. The Balaban J connectivity index is 1.36. The molecule has 0 radical (unpaired) electrons. The zero-order chi connectivity index (χ0) is 20.9. The smallest absolute Gasteiger partial charge is 0.244 e. The minimum Gasteiger partial charge on any atom is -0.487 e. The molecule has 1 aliphatic rings. The van der Waals surface area contributed by atoms with Gasteiger partial charge in [0, 0.05) is 11.5 Å². The molecule has 0 saturated heterocycles. The second-order valence-corrected chi connectivity index (χ2v) is 8.49. The topological polar surface area (TPSA) is 51.2 Å². The van der Waals surface area contributed by atoms with E-state index in [0.717, 1.165) is 40.4 Å². The maximum Gasteiger partial charge on any atom is 0.244 e. The van der Waals surface area contributed by atoms with Crippen LogP contribution in [0, 0.1) is 18.7 Å². The number of benzene rings is 2. The average Bonchev–Trinajstić information content (AvgIpc) is 3.51. The summed E-state index contributed by atoms with van der Waals surface area (Å²) in [7, 11) is 0. The highest BCUT2D eigenvalue weighted by Crippen LogP contribution is 2.41. The third kappa shape index (κ3) is 5.54. The van der Waals surface area contributed by atoms with Crippen LogP contribution in [0.15, 0.2) is 60.0 Å². The summed E-state index contributed by atoms with van der Waals surface area (Å²) in [5.41, 5.74) is 2.72. The van der Waals surface area contributed by atoms with Crippen molar-refractivity contribution in [3.05, 3.63) is 87.6 Å². The van der Waals surface area contributed by atoms with Crippen LogP contribution in [0.2, 0.25) is 0 Å². The van der Waals surface area contributed by atoms with Crippen LogP contribution in [0.5, 0.6) is 5.75 Å². The fourth-order valence-corrected chi connectivity index (χ4v) is 3.88. The molecule has 1 fully saturated rings. The number of aryl methyl sites for hydroxylation is 1. The van der Waals surface area contributed by atoms with Crippen molar-refractivity contribution in [2.75, 3.05) is 0 Å². The number of halogens is 1. The lowest BCUT2D eigenvalue weighted by molar-refractivity contribution is -0.117. The third-order valence-corrected chi connectivity index (χ3v) is 5.78. The number of carbonyl (C=O) groups is 1. The van der Waals surface area contributed by atoms with Crippen molar-refractivity contribution in [2.45, 2.75) is 32.4 Å². The summed E-state index contributed by atoms with van der Waals surface area (Å²) in [6, 6.07) is 13.9. The van der Waals surface area contributed by atoms with Crippen LogP contribution in [0.25, 0.3) is 6.08 Å². The van der Waals surface area contributed by atoms with E-state index in [1.54, 1.807) is 29.5 Å². The number of hydrogen-bond donors (Lipinski definition) is 1. The molecular weight excluding hydrogens is 399 g/mol. The van der Waals surface area contributed by atoms with Crippen LogP contribution in [-0.4, -0.2) is 10.9 Å². The number of hydrogen-bond acceptors (Lipinski definition) is 4. The molecule has 1 aliphatic carbocycles. The van der Waals surface area contributed by atoms with Gasteiger partial charge in [-0.15, -0.1) is 11.3 Å². The van der Waals surface area contributed by atoms with Gasteiger partial charge in [-0.3, -0.25) is 4.79 Å². The molecule has 1 aromatic heterocycles. The second-order valence-electron chi connectivity index (χ2n) is 7.43. The molecule has 0 spiro atoms. The molecule has 4 nitrogen and oxygen atoms in total. The minimum atomic E-state index is -0.272. The fraction of sp³-hybridized carbons (Fsp3) is 0.250. The lowest BCUT2D eigenvalue weighted by Gasteiger charge is -2.17. The predicted octanol–water partition coefficient (Wildman–Crippen LogP) is 5.45. The number of thiazole rings is 1. The van der Waals surface area contributed by atoms with E-state index < -0.39 is 0 Å². The summed E-state index contributed by atoms with van der Waals surface area (Å²) in [5.74, 6) is 0.705. The van der Waals surface area contributed by atoms with Crippen LogP contribution >= 0.6 is 11.3 Å². The highest BCUT2D eigenvalue weighted by molar-refractivity contribution is 7.09. The molecule has 2 aromatic carbocycles. The molecule has 3 aromatic rings. The Morgan fingerprint density at radius 2 is 2.10 bits per heavy atom. The standard InChI is InChI=1S/C24H23FN2O2S/c1-16-26-21(15-30-16)14-29-22-4-2-3-17(13-22)5-12-23(28)27-24(18-6-7-18)19-8-10-20(25)11-9-19/h2-5,8-13,15,18,24H,6-7,14H2,1H3,(H,27,28)/b12-5+. The van der Waals surface area contributed by atoms with Gasteiger partial charge in [0.05, 0.1) is 16.7 Å². The SMILES string of the molecule is Cc1nc(COc2cccc(/C=C/C(=O)NC(c3ccc(F)cc3)C3CC3)c2)cs1. The average molecular weight is 423 g/mol. The van der Waals surface area contributed by atoms with E-state index in [4.69, 9.17) is 4.74 Å². The number of nitrogens with one attached hydrogen (secondary N) is 1. The summed E-state index contributed by atoms with van der Waals surface area (Å²) < 4.78 is 19.0. The molecule has 1 N–H and O–H groups in total. The van der Waals surface area contributed by atoms with Crippen molar-refractivity contribution in [3.8, 4) is 5.75 Å². The first kappa shape index (κ1) is 20.3. The van der Waals surface area contributed by atoms with E-state index in [9.17, 15) is 9.18 Å². The van der Waals surface area contributed by atoms with Gasteiger partial charge in [0.1, 0.15) is 18.2 Å². The molecule has 6 heteroatoms. The van der Waals surface area contributed by atoms with Gasteiger partial charge in [-0.05, 0) is 67.2 Å². The molecule has 1 unspecified atom stereocenters. The summed E-state index contributed by atoms with van der Waals surface area (Å²) in [4.78, 5) is 16.9. The molecule has 1 saturated carbocycles. The second kappa shape index (κ2) is 9.22. The zero-order valence-corrected chi connectivity index (χ0v) is 17.5. The van der Waals surface area contributed by atoms with Gasteiger partial charge in [-0.2, -0.15) is 0 Å². The number of aromatic nitrogens is 1. The van der Waals surface area contributed by atoms with Gasteiger partial charge in [0.15, 0.2) is 0 Å². The van der Waals surface area contributed by atoms with E-state index in [1.807, 2.05) is 36.6 Å². The van der Waals surface area contributed by atoms with Crippen molar-refractivity contribution in [1.29, 1.82) is 0 Å². The van der Waals surface area contributed by atoms with Crippen LogP contribution in [0.3, 0.4) is 0 Å². The summed E-state index contributed by atoms with van der Waals surface area (Å²) in [6.07, 6.45) is 5.44. The van der Waals surface area contributed by atoms with Gasteiger partial charge in [-0.25, -0.2) is 9.37 Å². The fourth-order valence-electron chi connectivity index (χ4n) is 3.29. The molecule has 0 aliphatic heterocycles. The molecule has 1 heterocycles. The molecule has 4 rings (SSSR count). The lowest BCUT2D eigenvalue weighted by atomic mass is 10.0. The van der Waals surface area contributed by atoms with E-state index in [0.29, 0.717) is 12.5 Å². The van der Waals surface area contributed by atoms with Crippen molar-refractivity contribution >= 4 is 23.3 Å². The molecule has 1 amide bonds. The Bertz CT molecular complexity index is 1040. The zero-order valence-electron chi connectivity index (χ0n) is 16.7. The van der Waals surface area contributed by atoms with Gasteiger partial charge in [0.25, 0.3) is 0 Å². The first-order valence-corrected chi connectivity index (χ1v) is 10.8. The highest BCUT2D eigenvalue weighted by atomic mass is 32.1. The maximum atomic E-state index is 13.2. The third-order valence-electron chi connectivity index (χ3n) is 4.96. The first-order valence-electron chi connectivity index (χ1n) is 9.95. The molecule has 30 heavy (non-hydrogen) atoms. The van der Waals surface area contributed by atoms with Crippen molar-refractivity contribution in [3.63, 3.8) is 0 Å². The Morgan fingerprint density at radius 3 is 2.80 bits per heavy atom. The monoisotopic (exact) mass is 422 g/mol. The Morgan fingerprint density at radius 1 is 1.30 bits per heavy atom. The van der Waals surface area contributed by atoms with Crippen LogP contribution < -0.4 is 10.1 Å². The number of carbonyl (C=O) groups excluding carboxylic acids is 1. The summed E-state index contributed by atoms with van der Waals surface area (Å²) >= 11 is 1.60. The van der Waals surface area contributed by atoms with Crippen LogP contribution in [-0.2, 0) is 11.4 Å². The normalized spacial score (nSPS) is 14.6. The van der Waals surface area contributed by atoms with E-state index in [2.05, 4.69) is 10.3 Å².